The summed E-state index contributed by atoms with van der Waals surface area (Å²) in [5.41, 5.74) is -6.65. The van der Waals surface area contributed by atoms with Gasteiger partial charge in [0.25, 0.3) is 11.4 Å². The third-order valence-corrected chi connectivity index (χ3v) is 7.25. The van der Waals surface area contributed by atoms with Gasteiger partial charge >= 0.3 is 0 Å². The topological polar surface area (TPSA) is 149 Å². The molecule has 212 valence electrons. The van der Waals surface area contributed by atoms with E-state index in [-0.39, 0.29) is 50.1 Å². The molecule has 0 aliphatic heterocycles. The molecule has 5 rings (SSSR count). The molecule has 0 radical (unpaired) electrons. The number of fused-ring (bicyclic) bond motifs is 2. The Bertz CT molecular complexity index is 2560. The number of hydrogen-bond donors (Lipinski definition) is 0. The van der Waals surface area contributed by atoms with Crippen LogP contribution in [0.4, 0.5) is 18.9 Å². The molecule has 0 N–H and O–H groups in total. The molecule has 0 saturated carbocycles. The number of benzene rings is 2. The van der Waals surface area contributed by atoms with E-state index in [0.29, 0.717) is 12.1 Å². The fraction of sp³-hybridized carbons (Fsp3) is 0. The van der Waals surface area contributed by atoms with Crippen molar-refractivity contribution in [3.05, 3.63) is 150 Å². The number of allylic oxidation sites excluding steroid dienone is 7. The Morgan fingerprint density at radius 2 is 1.30 bits per heavy atom. The second kappa shape index (κ2) is 11.4. The van der Waals surface area contributed by atoms with Gasteiger partial charge < -0.3 is 0 Å². The van der Waals surface area contributed by atoms with E-state index in [1.165, 1.54) is 6.07 Å². The molecule has 2 aliphatic carbocycles. The fourth-order valence-electron chi connectivity index (χ4n) is 5.51. The lowest BCUT2D eigenvalue weighted by molar-refractivity contribution is 0.582. The molecular weight excluding hydrogens is 605 g/mol. The lowest BCUT2D eigenvalue weighted by atomic mass is 9.88. The molecule has 3 aromatic rings. The molecule has 13 heteroatoms. The lowest BCUT2D eigenvalue weighted by Gasteiger charge is -2.14. The van der Waals surface area contributed by atoms with E-state index in [0.717, 1.165) is 12.1 Å². The first kappa shape index (κ1) is 30.2. The quantitative estimate of drug-likeness (QED) is 0.168. The number of rotatable bonds is 2. The first-order valence-electron chi connectivity index (χ1n) is 12.6. The van der Waals surface area contributed by atoms with E-state index < -0.39 is 62.8 Å². The van der Waals surface area contributed by atoms with E-state index in [1.54, 1.807) is 18.2 Å². The highest BCUT2D eigenvalue weighted by atomic mass is 19.1. The molecule has 0 fully saturated rings. The third-order valence-electron chi connectivity index (χ3n) is 7.25. The van der Waals surface area contributed by atoms with E-state index in [4.69, 9.17) is 26.3 Å². The van der Waals surface area contributed by atoms with Crippen molar-refractivity contribution in [1.29, 1.82) is 26.3 Å². The van der Waals surface area contributed by atoms with Crippen LogP contribution in [-0.2, 0) is 0 Å². The average molecular weight is 610 g/mol. The Kier molecular flexibility index (Phi) is 7.36. The summed E-state index contributed by atoms with van der Waals surface area (Å²) in [6.45, 7) is 30.4. The molecule has 0 bridgehead atoms. The largest absolute Gasteiger partial charge is 0.270 e. The molecule has 1 heterocycles. The maximum absolute atomic E-state index is 15.5. The molecule has 10 nitrogen and oxygen atoms in total. The SMILES string of the molecule is [C-]#[N+]C1=C(c2cc(F)c([N+]#[C-])cc2F)/C(=C(/C#N)[N+]#[C-])c2cc3c(c(C#N)c21)C(C#N)=C(c1ccc(F)nc1C#N)/C3=C(\C#N)[N+]#[C-]. The summed E-state index contributed by atoms with van der Waals surface area (Å²) in [4.78, 5) is 16.4. The van der Waals surface area contributed by atoms with Gasteiger partial charge in [-0.2, -0.15) is 20.2 Å². The number of nitrogens with zero attached hydrogens (tertiary/aromatic N) is 10. The van der Waals surface area contributed by atoms with Crippen molar-refractivity contribution in [3.63, 3.8) is 0 Å². The normalized spacial score (nSPS) is 14.4. The van der Waals surface area contributed by atoms with Crippen molar-refractivity contribution in [2.75, 3.05) is 0 Å². The van der Waals surface area contributed by atoms with Gasteiger partial charge in [-0.3, -0.25) is 0 Å². The molecule has 0 atom stereocenters. The summed E-state index contributed by atoms with van der Waals surface area (Å²) >= 11 is 0. The molecule has 0 saturated heterocycles. The van der Waals surface area contributed by atoms with E-state index in [2.05, 4.69) is 24.4 Å². The standard InChI is InChI=1S/C34H5F3N10/c1-43-23-9-21(35)16(8-22(23)36)33-32(26(14-42)45-3)18-7-17-28(20(11-39)30(18)34(33)46-4)19(10-38)29(31(17)25(13-41)44-2)15-5-6-27(37)47-24(15)12-40/h5-9H/b31-25+,32-26-. The van der Waals surface area contributed by atoms with Crippen LogP contribution < -0.4 is 0 Å². The predicted molar refractivity (Wildman–Crippen MR) is 157 cm³/mol. The summed E-state index contributed by atoms with van der Waals surface area (Å²) in [5, 5.41) is 50.5. The van der Waals surface area contributed by atoms with Crippen LogP contribution in [-0.4, -0.2) is 4.98 Å². The summed E-state index contributed by atoms with van der Waals surface area (Å²) in [6.07, 6.45) is 0. The van der Waals surface area contributed by atoms with Gasteiger partial charge in [0.05, 0.1) is 55.6 Å². The summed E-state index contributed by atoms with van der Waals surface area (Å²) in [6, 6.07) is 13.2. The fourth-order valence-corrected chi connectivity index (χ4v) is 5.51. The smallest absolute Gasteiger partial charge is 0.237 e. The Hall–Kier alpha value is -8.25. The molecule has 47 heavy (non-hydrogen) atoms. The Balaban J connectivity index is 2.06. The van der Waals surface area contributed by atoms with E-state index >= 15 is 4.39 Å². The van der Waals surface area contributed by atoms with Gasteiger partial charge in [0, 0.05) is 33.4 Å². The minimum Gasteiger partial charge on any atom is -0.237 e. The van der Waals surface area contributed by atoms with Gasteiger partial charge in [-0.15, -0.1) is 0 Å². The molecule has 1 aromatic heterocycles. The summed E-state index contributed by atoms with van der Waals surface area (Å²) in [7, 11) is 0. The average Bonchev–Trinajstić information content (AvgIpc) is 3.58. The van der Waals surface area contributed by atoms with Crippen LogP contribution in [0.2, 0.25) is 0 Å². The summed E-state index contributed by atoms with van der Waals surface area (Å²) < 4.78 is 44.4. The monoisotopic (exact) mass is 610 g/mol. The van der Waals surface area contributed by atoms with Crippen molar-refractivity contribution in [3.8, 4) is 30.3 Å². The van der Waals surface area contributed by atoms with Crippen LogP contribution in [0, 0.1) is 101 Å². The zero-order valence-electron chi connectivity index (χ0n) is 23.0. The molecule has 0 amide bonds. The zero-order chi connectivity index (χ0) is 34.2. The van der Waals surface area contributed by atoms with Crippen LogP contribution in [0.3, 0.4) is 0 Å². The second-order valence-corrected chi connectivity index (χ2v) is 9.34. The first-order valence-corrected chi connectivity index (χ1v) is 12.6. The van der Waals surface area contributed by atoms with Crippen molar-refractivity contribution in [1.82, 2.24) is 4.98 Å². The Labute approximate surface area is 263 Å². The zero-order valence-corrected chi connectivity index (χ0v) is 23.0. The van der Waals surface area contributed by atoms with E-state index in [9.17, 15) is 35.1 Å². The highest BCUT2D eigenvalue weighted by molar-refractivity contribution is 6.30. The van der Waals surface area contributed by atoms with Crippen molar-refractivity contribution >= 4 is 39.2 Å². The highest BCUT2D eigenvalue weighted by Gasteiger charge is 2.41. The van der Waals surface area contributed by atoms with Gasteiger partial charge in [0.2, 0.25) is 17.3 Å². The summed E-state index contributed by atoms with van der Waals surface area (Å²) in [5.74, 6) is -3.40. The highest BCUT2D eigenvalue weighted by Crippen LogP contribution is 2.57. The van der Waals surface area contributed by atoms with Crippen LogP contribution in [0.1, 0.15) is 44.6 Å². The van der Waals surface area contributed by atoms with Crippen LogP contribution in [0.5, 0.6) is 0 Å². The minimum atomic E-state index is -1.18. The first-order chi connectivity index (χ1) is 22.7. The van der Waals surface area contributed by atoms with Gasteiger partial charge in [-0.25, -0.2) is 43.7 Å². The van der Waals surface area contributed by atoms with Crippen LogP contribution in [0.25, 0.3) is 52.9 Å². The van der Waals surface area contributed by atoms with Crippen molar-refractivity contribution < 1.29 is 13.2 Å². The Morgan fingerprint density at radius 3 is 1.83 bits per heavy atom. The lowest BCUT2D eigenvalue weighted by Crippen LogP contribution is -2.00. The molecule has 0 unspecified atom stereocenters. The molecule has 0 spiro atoms. The predicted octanol–water partition coefficient (Wildman–Crippen LogP) is 7.35. The third kappa shape index (κ3) is 4.23. The van der Waals surface area contributed by atoms with E-state index in [1.807, 2.05) is 12.1 Å². The number of pyridine rings is 1. The Morgan fingerprint density at radius 1 is 0.660 bits per heavy atom. The number of hydrogen-bond acceptors (Lipinski definition) is 6. The van der Waals surface area contributed by atoms with Crippen LogP contribution in [0.15, 0.2) is 41.7 Å². The van der Waals surface area contributed by atoms with Gasteiger partial charge in [0.15, 0.2) is 5.69 Å². The van der Waals surface area contributed by atoms with Gasteiger partial charge in [-0.1, -0.05) is 0 Å². The van der Waals surface area contributed by atoms with Gasteiger partial charge in [-0.05, 0) is 52.6 Å². The second-order valence-electron chi connectivity index (χ2n) is 9.34. The number of halogens is 3. The van der Waals surface area contributed by atoms with Crippen molar-refractivity contribution in [2.24, 2.45) is 0 Å². The minimum absolute atomic E-state index is 0.132. The van der Waals surface area contributed by atoms with Crippen LogP contribution >= 0.6 is 0 Å². The maximum atomic E-state index is 15.5. The maximum Gasteiger partial charge on any atom is 0.270 e. The molecular formula is C34H5F3N10. The van der Waals surface area contributed by atoms with Crippen molar-refractivity contribution in [2.45, 2.75) is 0 Å². The number of nitriles is 5. The molecule has 2 aliphatic rings. The number of aromatic nitrogens is 1. The molecule has 2 aromatic carbocycles. The van der Waals surface area contributed by atoms with Gasteiger partial charge in [0.1, 0.15) is 23.8 Å².